The minimum absolute atomic E-state index is 0.00361. The highest BCUT2D eigenvalue weighted by Gasteiger charge is 2.60. The number of hydrogen-bond acceptors (Lipinski definition) is 8. The molecule has 3 amide bonds. The van der Waals surface area contributed by atoms with Gasteiger partial charge in [0.1, 0.15) is 5.70 Å². The summed E-state index contributed by atoms with van der Waals surface area (Å²) < 4.78 is 0. The van der Waals surface area contributed by atoms with Crippen LogP contribution in [-0.2, 0) is 19.2 Å². The lowest BCUT2D eigenvalue weighted by Crippen LogP contribution is -2.63. The number of likely N-dealkylation sites (tertiary alicyclic amines) is 1. The second-order valence-electron chi connectivity index (χ2n) is 10.6. The van der Waals surface area contributed by atoms with E-state index in [4.69, 9.17) is 0 Å². The van der Waals surface area contributed by atoms with Crippen molar-refractivity contribution in [3.63, 3.8) is 0 Å². The number of carboxylic acids is 1. The van der Waals surface area contributed by atoms with Gasteiger partial charge < -0.3 is 36.0 Å². The van der Waals surface area contributed by atoms with E-state index >= 15 is 0 Å². The molecule has 0 radical (unpaired) electrons. The number of carbonyl (C=O) groups excluding carboxylic acids is 3. The van der Waals surface area contributed by atoms with Crippen LogP contribution in [0.2, 0.25) is 0 Å². The van der Waals surface area contributed by atoms with Crippen LogP contribution in [0.1, 0.15) is 39.5 Å². The highest BCUT2D eigenvalue weighted by Crippen LogP contribution is 2.51. The van der Waals surface area contributed by atoms with Gasteiger partial charge in [-0.3, -0.25) is 14.4 Å². The van der Waals surface area contributed by atoms with Crippen molar-refractivity contribution in [2.75, 3.05) is 26.2 Å². The lowest BCUT2D eigenvalue weighted by Gasteiger charge is -2.46. The van der Waals surface area contributed by atoms with Crippen LogP contribution in [0, 0.1) is 11.8 Å². The summed E-state index contributed by atoms with van der Waals surface area (Å²) in [5.41, 5.74) is 0.0176. The van der Waals surface area contributed by atoms with E-state index in [0.717, 1.165) is 25.8 Å². The average Bonchev–Trinajstić information content (AvgIpc) is 3.61. The summed E-state index contributed by atoms with van der Waals surface area (Å²) >= 11 is 1.44. The molecule has 8 atom stereocenters. The molecule has 36 heavy (non-hydrogen) atoms. The second kappa shape index (κ2) is 9.96. The van der Waals surface area contributed by atoms with Gasteiger partial charge in [0.25, 0.3) is 0 Å². The molecule has 0 aromatic carbocycles. The predicted molar refractivity (Wildman–Crippen MR) is 132 cm³/mol. The van der Waals surface area contributed by atoms with E-state index < -0.39 is 18.0 Å². The van der Waals surface area contributed by atoms with Crippen molar-refractivity contribution in [1.29, 1.82) is 0 Å². The molecular weight excluding hydrogens is 486 g/mol. The second-order valence-corrected chi connectivity index (χ2v) is 12.0. The maximum Gasteiger partial charge on any atom is 0.353 e. The van der Waals surface area contributed by atoms with Crippen LogP contribution in [0.4, 0.5) is 0 Å². The number of β-lactam (4-membered cyclic amide) rings is 1. The van der Waals surface area contributed by atoms with Crippen molar-refractivity contribution in [3.8, 4) is 0 Å². The van der Waals surface area contributed by atoms with Crippen LogP contribution in [-0.4, -0.2) is 105 Å². The first kappa shape index (κ1) is 25.5. The van der Waals surface area contributed by atoms with Gasteiger partial charge in [0, 0.05) is 41.7 Å². The maximum atomic E-state index is 13.2. The van der Waals surface area contributed by atoms with Gasteiger partial charge in [-0.1, -0.05) is 6.92 Å². The van der Waals surface area contributed by atoms with Crippen molar-refractivity contribution in [1.82, 2.24) is 25.8 Å². The Morgan fingerprint density at radius 1 is 1.19 bits per heavy atom. The molecule has 11 nitrogen and oxygen atoms in total. The zero-order valence-corrected chi connectivity index (χ0v) is 21.4. The fourth-order valence-corrected chi connectivity index (χ4v) is 7.83. The fraction of sp³-hybridized carbons (Fsp3) is 0.750. The molecule has 5 heterocycles. The number of thioether (sulfide) groups is 1. The number of amides is 3. The molecule has 0 bridgehead atoms. The number of aliphatic carboxylic acids is 1. The first-order chi connectivity index (χ1) is 17.2. The van der Waals surface area contributed by atoms with Crippen molar-refractivity contribution in [3.05, 3.63) is 10.6 Å². The van der Waals surface area contributed by atoms with Crippen molar-refractivity contribution >= 4 is 35.5 Å². The van der Waals surface area contributed by atoms with Gasteiger partial charge in [0.2, 0.25) is 17.7 Å². The van der Waals surface area contributed by atoms with Gasteiger partial charge in [-0.2, -0.15) is 0 Å². The van der Waals surface area contributed by atoms with Crippen molar-refractivity contribution in [2.24, 2.45) is 11.8 Å². The number of nitrogens with zero attached hydrogens (tertiary/aromatic N) is 2. The quantitative estimate of drug-likeness (QED) is 0.268. The molecule has 4 saturated heterocycles. The number of nitrogens with one attached hydrogen (secondary N) is 3. The van der Waals surface area contributed by atoms with Gasteiger partial charge in [0.05, 0.1) is 30.1 Å². The molecule has 0 aromatic rings. The third-order valence-electron chi connectivity index (χ3n) is 8.22. The molecule has 4 fully saturated rings. The van der Waals surface area contributed by atoms with E-state index in [1.54, 1.807) is 11.8 Å². The number of rotatable bonds is 7. The fourth-order valence-electron chi connectivity index (χ4n) is 6.35. The number of hydrogen-bond donors (Lipinski definition) is 5. The van der Waals surface area contributed by atoms with Gasteiger partial charge in [-0.15, -0.1) is 11.8 Å². The monoisotopic (exact) mass is 521 g/mol. The SMILES string of the molecule is C[C@@H](O)[C@H]1C(=O)N2C(C(=O)O)=C(SC3CN[C@H](C(=O)N4CC[C@H](NC(=O)[C@@H]5CCCN5)C4)C3)[C@H](C)[C@H]12. The van der Waals surface area contributed by atoms with E-state index in [-0.39, 0.29) is 58.8 Å². The summed E-state index contributed by atoms with van der Waals surface area (Å²) in [7, 11) is 0. The minimum atomic E-state index is -1.14. The topological polar surface area (TPSA) is 151 Å². The molecule has 5 aliphatic rings. The molecule has 5 N–H and O–H groups in total. The molecule has 12 heteroatoms. The summed E-state index contributed by atoms with van der Waals surface area (Å²) in [6.07, 6.45) is 2.30. The first-order valence-corrected chi connectivity index (χ1v) is 13.8. The highest BCUT2D eigenvalue weighted by atomic mass is 32.2. The lowest BCUT2D eigenvalue weighted by molar-refractivity contribution is -0.163. The number of aliphatic hydroxyl groups excluding tert-OH is 1. The molecule has 0 aromatic heterocycles. The standard InChI is InChI=1S/C24H35N5O6S/c1-11-18-17(12(2)30)23(33)29(18)19(24(34)35)20(11)36-14-8-16(26-9-14)22(32)28-7-5-13(10-28)27-21(31)15-4-3-6-25-15/h11-18,25-26,30H,3-10H2,1-2H3,(H,27,31)(H,34,35)/t11-,12-,13+,14?,15+,16+,17-,18-/m1/s1. The Balaban J connectivity index is 1.17. The Labute approximate surface area is 214 Å². The van der Waals surface area contributed by atoms with Crippen LogP contribution < -0.4 is 16.0 Å². The minimum Gasteiger partial charge on any atom is -0.477 e. The smallest absolute Gasteiger partial charge is 0.353 e. The summed E-state index contributed by atoms with van der Waals surface area (Å²) in [6, 6.07) is -0.872. The van der Waals surface area contributed by atoms with Crippen molar-refractivity contribution < 1.29 is 29.4 Å². The van der Waals surface area contributed by atoms with E-state index in [9.17, 15) is 29.4 Å². The summed E-state index contributed by atoms with van der Waals surface area (Å²) in [5.74, 6) is -2.24. The van der Waals surface area contributed by atoms with Crippen molar-refractivity contribution in [2.45, 2.75) is 75.1 Å². The van der Waals surface area contributed by atoms with Crippen LogP contribution >= 0.6 is 11.8 Å². The molecule has 0 spiro atoms. The molecule has 198 valence electrons. The lowest BCUT2D eigenvalue weighted by atomic mass is 9.79. The first-order valence-electron chi connectivity index (χ1n) is 12.9. The van der Waals surface area contributed by atoms with E-state index in [1.165, 1.54) is 16.7 Å². The molecule has 0 saturated carbocycles. The van der Waals surface area contributed by atoms with Gasteiger partial charge in [0.15, 0.2) is 0 Å². The normalized spacial score (nSPS) is 36.8. The Morgan fingerprint density at radius 2 is 1.97 bits per heavy atom. The van der Waals surface area contributed by atoms with E-state index in [2.05, 4.69) is 16.0 Å². The molecule has 1 unspecified atom stereocenters. The number of fused-ring (bicyclic) bond motifs is 1. The molecule has 5 rings (SSSR count). The van der Waals surface area contributed by atoms with E-state index in [0.29, 0.717) is 31.0 Å². The Hall–Kier alpha value is -2.15. The number of carboxylic acid groups (broad SMARTS) is 1. The summed E-state index contributed by atoms with van der Waals surface area (Å²) in [6.45, 7) is 5.99. The van der Waals surface area contributed by atoms with E-state index in [1.807, 2.05) is 6.92 Å². The van der Waals surface area contributed by atoms with Crippen LogP contribution in [0.25, 0.3) is 0 Å². The molecule has 0 aliphatic carbocycles. The highest BCUT2D eigenvalue weighted by molar-refractivity contribution is 8.03. The number of carbonyl (C=O) groups is 4. The van der Waals surface area contributed by atoms with Crippen LogP contribution in [0.5, 0.6) is 0 Å². The molecular formula is C24H35N5O6S. The Bertz CT molecular complexity index is 982. The predicted octanol–water partition coefficient (Wildman–Crippen LogP) is -0.927. The maximum absolute atomic E-state index is 13.2. The summed E-state index contributed by atoms with van der Waals surface area (Å²) in [4.78, 5) is 53.9. The third kappa shape index (κ3) is 4.42. The zero-order chi connectivity index (χ0) is 25.7. The summed E-state index contributed by atoms with van der Waals surface area (Å²) in [5, 5.41) is 29.4. The zero-order valence-electron chi connectivity index (χ0n) is 20.6. The van der Waals surface area contributed by atoms with Crippen LogP contribution in [0.15, 0.2) is 10.6 Å². The Kier molecular flexibility index (Phi) is 7.05. The van der Waals surface area contributed by atoms with Gasteiger partial charge in [-0.05, 0) is 39.2 Å². The largest absolute Gasteiger partial charge is 0.477 e. The average molecular weight is 522 g/mol. The van der Waals surface area contributed by atoms with Crippen LogP contribution in [0.3, 0.4) is 0 Å². The molecule has 5 aliphatic heterocycles. The number of aliphatic hydroxyl groups is 1. The van der Waals surface area contributed by atoms with Gasteiger partial charge >= 0.3 is 5.97 Å². The third-order valence-corrected chi connectivity index (χ3v) is 9.73. The van der Waals surface area contributed by atoms with Gasteiger partial charge in [-0.25, -0.2) is 4.79 Å². The Morgan fingerprint density at radius 3 is 2.64 bits per heavy atom.